The summed E-state index contributed by atoms with van der Waals surface area (Å²) in [7, 11) is 0. The van der Waals surface area contributed by atoms with Crippen LogP contribution in [0.25, 0.3) is 0 Å². The van der Waals surface area contributed by atoms with Crippen molar-refractivity contribution >= 4 is 0 Å². The SMILES string of the molecule is CCCOC1COCC1C(C)(C)C. The summed E-state index contributed by atoms with van der Waals surface area (Å²) >= 11 is 0. The molecule has 2 nitrogen and oxygen atoms in total. The van der Waals surface area contributed by atoms with E-state index in [9.17, 15) is 0 Å². The second-order valence-electron chi connectivity index (χ2n) is 4.92. The number of ether oxygens (including phenoxy) is 2. The monoisotopic (exact) mass is 186 g/mol. The average molecular weight is 186 g/mol. The van der Waals surface area contributed by atoms with E-state index < -0.39 is 0 Å². The van der Waals surface area contributed by atoms with Crippen LogP contribution < -0.4 is 0 Å². The van der Waals surface area contributed by atoms with Crippen molar-refractivity contribution in [3.05, 3.63) is 0 Å². The summed E-state index contributed by atoms with van der Waals surface area (Å²) in [5, 5.41) is 0. The van der Waals surface area contributed by atoms with Crippen LogP contribution in [0, 0.1) is 11.3 Å². The van der Waals surface area contributed by atoms with Crippen LogP contribution in [0.15, 0.2) is 0 Å². The molecule has 0 aromatic heterocycles. The normalized spacial score (nSPS) is 29.5. The maximum absolute atomic E-state index is 5.77. The van der Waals surface area contributed by atoms with E-state index in [2.05, 4.69) is 27.7 Å². The van der Waals surface area contributed by atoms with E-state index in [1.54, 1.807) is 0 Å². The topological polar surface area (TPSA) is 18.5 Å². The molecule has 1 saturated heterocycles. The third-order valence-electron chi connectivity index (χ3n) is 2.68. The molecule has 0 aromatic rings. The lowest BCUT2D eigenvalue weighted by Crippen LogP contribution is -2.33. The van der Waals surface area contributed by atoms with E-state index in [0.717, 1.165) is 26.2 Å². The maximum atomic E-state index is 5.77. The summed E-state index contributed by atoms with van der Waals surface area (Å²) in [4.78, 5) is 0. The van der Waals surface area contributed by atoms with Gasteiger partial charge in [-0.2, -0.15) is 0 Å². The zero-order valence-corrected chi connectivity index (χ0v) is 9.30. The van der Waals surface area contributed by atoms with Crippen molar-refractivity contribution < 1.29 is 9.47 Å². The Bertz CT molecular complexity index is 149. The second kappa shape index (κ2) is 4.43. The third-order valence-corrected chi connectivity index (χ3v) is 2.68. The summed E-state index contributed by atoms with van der Waals surface area (Å²) in [6.45, 7) is 11.4. The van der Waals surface area contributed by atoms with Crippen molar-refractivity contribution in [1.29, 1.82) is 0 Å². The van der Waals surface area contributed by atoms with Crippen molar-refractivity contribution in [1.82, 2.24) is 0 Å². The lowest BCUT2D eigenvalue weighted by Gasteiger charge is -2.30. The van der Waals surface area contributed by atoms with Crippen LogP contribution in [0.4, 0.5) is 0 Å². The minimum absolute atomic E-state index is 0.301. The van der Waals surface area contributed by atoms with Gasteiger partial charge in [-0.15, -0.1) is 0 Å². The fourth-order valence-corrected chi connectivity index (χ4v) is 1.78. The Kier molecular flexibility index (Phi) is 3.74. The third kappa shape index (κ3) is 2.96. The predicted molar refractivity (Wildman–Crippen MR) is 53.8 cm³/mol. The second-order valence-corrected chi connectivity index (χ2v) is 4.92. The standard InChI is InChI=1S/C11H22O2/c1-5-6-13-10-8-12-7-9(10)11(2,3)4/h9-10H,5-8H2,1-4H3. The molecule has 1 fully saturated rings. The lowest BCUT2D eigenvalue weighted by molar-refractivity contribution is 0.00175. The van der Waals surface area contributed by atoms with Crippen LogP contribution in [0.1, 0.15) is 34.1 Å². The number of hydrogen-bond donors (Lipinski definition) is 0. The van der Waals surface area contributed by atoms with Crippen LogP contribution in [-0.2, 0) is 9.47 Å². The molecule has 1 rings (SSSR count). The van der Waals surface area contributed by atoms with E-state index in [0.29, 0.717) is 17.4 Å². The van der Waals surface area contributed by atoms with E-state index in [4.69, 9.17) is 9.47 Å². The van der Waals surface area contributed by atoms with Gasteiger partial charge >= 0.3 is 0 Å². The molecule has 1 aliphatic rings. The molecule has 13 heavy (non-hydrogen) atoms. The Hall–Kier alpha value is -0.0800. The van der Waals surface area contributed by atoms with Gasteiger partial charge in [0.15, 0.2) is 0 Å². The lowest BCUT2D eigenvalue weighted by atomic mass is 9.79. The van der Waals surface area contributed by atoms with Crippen LogP contribution in [-0.4, -0.2) is 25.9 Å². The van der Waals surface area contributed by atoms with Gasteiger partial charge in [-0.1, -0.05) is 27.7 Å². The van der Waals surface area contributed by atoms with E-state index in [-0.39, 0.29) is 0 Å². The summed E-state index contributed by atoms with van der Waals surface area (Å²) in [6, 6.07) is 0. The van der Waals surface area contributed by atoms with E-state index in [1.807, 2.05) is 0 Å². The smallest absolute Gasteiger partial charge is 0.0863 e. The van der Waals surface area contributed by atoms with Crippen molar-refractivity contribution in [2.24, 2.45) is 11.3 Å². The van der Waals surface area contributed by atoms with Gasteiger partial charge in [0.1, 0.15) is 0 Å². The molecule has 0 N–H and O–H groups in total. The highest BCUT2D eigenvalue weighted by Crippen LogP contribution is 2.34. The summed E-state index contributed by atoms with van der Waals surface area (Å²) in [6.07, 6.45) is 1.41. The van der Waals surface area contributed by atoms with E-state index >= 15 is 0 Å². The molecule has 2 heteroatoms. The van der Waals surface area contributed by atoms with Gasteiger partial charge in [0.2, 0.25) is 0 Å². The number of rotatable bonds is 3. The largest absolute Gasteiger partial charge is 0.378 e. The van der Waals surface area contributed by atoms with Gasteiger partial charge in [0.25, 0.3) is 0 Å². The van der Waals surface area contributed by atoms with Crippen LogP contribution in [0.3, 0.4) is 0 Å². The minimum atomic E-state index is 0.301. The molecule has 0 bridgehead atoms. The van der Waals surface area contributed by atoms with Crippen LogP contribution in [0.5, 0.6) is 0 Å². The Morgan fingerprint density at radius 3 is 2.54 bits per heavy atom. The molecule has 0 aromatic carbocycles. The molecule has 1 heterocycles. The first kappa shape index (κ1) is 11.0. The Morgan fingerprint density at radius 2 is 2.00 bits per heavy atom. The predicted octanol–water partition coefficient (Wildman–Crippen LogP) is 2.47. The quantitative estimate of drug-likeness (QED) is 0.674. The Balaban J connectivity index is 2.44. The summed E-state index contributed by atoms with van der Waals surface area (Å²) in [5.74, 6) is 0.555. The first-order chi connectivity index (χ1) is 6.05. The highest BCUT2D eigenvalue weighted by Gasteiger charge is 2.37. The van der Waals surface area contributed by atoms with Gasteiger partial charge in [-0.3, -0.25) is 0 Å². The van der Waals surface area contributed by atoms with Crippen molar-refractivity contribution in [3.8, 4) is 0 Å². The molecule has 2 unspecified atom stereocenters. The van der Waals surface area contributed by atoms with Crippen LogP contribution in [0.2, 0.25) is 0 Å². The first-order valence-electron chi connectivity index (χ1n) is 5.25. The molecule has 78 valence electrons. The average Bonchev–Trinajstić information content (AvgIpc) is 2.47. The zero-order valence-electron chi connectivity index (χ0n) is 9.30. The molecule has 0 aliphatic carbocycles. The summed E-state index contributed by atoms with van der Waals surface area (Å²) < 4.78 is 11.2. The fraction of sp³-hybridized carbons (Fsp3) is 1.00. The molecule has 0 saturated carbocycles. The molecule has 0 radical (unpaired) electrons. The molecule has 0 amide bonds. The fourth-order valence-electron chi connectivity index (χ4n) is 1.78. The van der Waals surface area contributed by atoms with Gasteiger partial charge in [0, 0.05) is 12.5 Å². The highest BCUT2D eigenvalue weighted by molar-refractivity contribution is 4.85. The highest BCUT2D eigenvalue weighted by atomic mass is 16.5. The minimum Gasteiger partial charge on any atom is -0.378 e. The first-order valence-corrected chi connectivity index (χ1v) is 5.25. The molecular weight excluding hydrogens is 164 g/mol. The summed E-state index contributed by atoms with van der Waals surface area (Å²) in [5.41, 5.74) is 0.301. The van der Waals surface area contributed by atoms with Gasteiger partial charge in [-0.05, 0) is 11.8 Å². The molecule has 2 atom stereocenters. The Labute approximate surface area is 81.6 Å². The van der Waals surface area contributed by atoms with Crippen molar-refractivity contribution in [2.75, 3.05) is 19.8 Å². The van der Waals surface area contributed by atoms with E-state index in [1.165, 1.54) is 0 Å². The molecule has 1 aliphatic heterocycles. The van der Waals surface area contributed by atoms with Gasteiger partial charge in [0.05, 0.1) is 19.3 Å². The van der Waals surface area contributed by atoms with Gasteiger partial charge in [-0.25, -0.2) is 0 Å². The molecule has 0 spiro atoms. The zero-order chi connectivity index (χ0) is 9.90. The van der Waals surface area contributed by atoms with Gasteiger partial charge < -0.3 is 9.47 Å². The van der Waals surface area contributed by atoms with Crippen LogP contribution >= 0.6 is 0 Å². The number of hydrogen-bond acceptors (Lipinski definition) is 2. The van der Waals surface area contributed by atoms with Crippen molar-refractivity contribution in [2.45, 2.75) is 40.2 Å². The maximum Gasteiger partial charge on any atom is 0.0863 e. The van der Waals surface area contributed by atoms with Crippen molar-refractivity contribution in [3.63, 3.8) is 0 Å². The molecular formula is C11H22O2. The Morgan fingerprint density at radius 1 is 1.31 bits per heavy atom.